The van der Waals surface area contributed by atoms with E-state index in [1.165, 1.54) is 23.3 Å². The first-order valence-corrected chi connectivity index (χ1v) is 6.80. The van der Waals surface area contributed by atoms with Crippen molar-refractivity contribution in [2.45, 2.75) is 18.9 Å². The molecule has 0 fully saturated rings. The van der Waals surface area contributed by atoms with Crippen LogP contribution in [0.25, 0.3) is 0 Å². The van der Waals surface area contributed by atoms with Crippen molar-refractivity contribution in [2.75, 3.05) is 0 Å². The van der Waals surface area contributed by atoms with Crippen molar-refractivity contribution in [3.05, 3.63) is 70.0 Å². The maximum Gasteiger partial charge on any atom is 0.123 e. The Labute approximate surface area is 117 Å². The molecule has 19 heavy (non-hydrogen) atoms. The van der Waals surface area contributed by atoms with E-state index in [1.807, 2.05) is 12.1 Å². The van der Waals surface area contributed by atoms with E-state index in [0.717, 1.165) is 12.0 Å². The first kappa shape index (κ1) is 12.6. The summed E-state index contributed by atoms with van der Waals surface area (Å²) in [6.45, 7) is 0. The number of rotatable bonds is 2. The number of hydrogen-bond acceptors (Lipinski definition) is 1. The SMILES string of the molecule is NC1c2ccccc2CC1Cc1cc(F)ccc1Cl. The zero-order valence-electron chi connectivity index (χ0n) is 10.4. The predicted octanol–water partition coefficient (Wildman–Crippen LogP) is 3.89. The summed E-state index contributed by atoms with van der Waals surface area (Å²) in [5.74, 6) is 0.0418. The molecule has 3 heteroatoms. The summed E-state index contributed by atoms with van der Waals surface area (Å²) in [6, 6.07) is 12.7. The molecule has 98 valence electrons. The number of hydrogen-bond donors (Lipinski definition) is 1. The fourth-order valence-electron chi connectivity index (χ4n) is 2.89. The Hall–Kier alpha value is -1.38. The van der Waals surface area contributed by atoms with Crippen molar-refractivity contribution in [2.24, 2.45) is 11.7 Å². The van der Waals surface area contributed by atoms with Crippen molar-refractivity contribution < 1.29 is 4.39 Å². The predicted molar refractivity (Wildman–Crippen MR) is 75.7 cm³/mol. The third-order valence-corrected chi connectivity index (χ3v) is 4.26. The fourth-order valence-corrected chi connectivity index (χ4v) is 3.08. The fraction of sp³-hybridized carbons (Fsp3) is 0.250. The van der Waals surface area contributed by atoms with Crippen LogP contribution in [0, 0.1) is 11.7 Å². The van der Waals surface area contributed by atoms with E-state index in [-0.39, 0.29) is 17.8 Å². The molecule has 2 aromatic rings. The minimum absolute atomic E-state index is 0.00975. The summed E-state index contributed by atoms with van der Waals surface area (Å²) in [4.78, 5) is 0. The van der Waals surface area contributed by atoms with E-state index < -0.39 is 0 Å². The molecule has 0 heterocycles. The highest BCUT2D eigenvalue weighted by Gasteiger charge is 2.29. The second kappa shape index (κ2) is 4.95. The second-order valence-electron chi connectivity index (χ2n) is 5.13. The Morgan fingerprint density at radius 2 is 2.00 bits per heavy atom. The average Bonchev–Trinajstić information content (AvgIpc) is 2.72. The van der Waals surface area contributed by atoms with E-state index in [1.54, 1.807) is 6.07 Å². The minimum atomic E-state index is -0.247. The largest absolute Gasteiger partial charge is 0.324 e. The molecule has 0 spiro atoms. The Balaban J connectivity index is 1.85. The Morgan fingerprint density at radius 3 is 2.79 bits per heavy atom. The van der Waals surface area contributed by atoms with Crippen LogP contribution >= 0.6 is 11.6 Å². The smallest absolute Gasteiger partial charge is 0.123 e. The quantitative estimate of drug-likeness (QED) is 0.884. The zero-order chi connectivity index (χ0) is 13.4. The van der Waals surface area contributed by atoms with Gasteiger partial charge in [-0.2, -0.15) is 0 Å². The third kappa shape index (κ3) is 2.38. The maximum atomic E-state index is 13.3. The second-order valence-corrected chi connectivity index (χ2v) is 5.54. The van der Waals surface area contributed by atoms with Gasteiger partial charge in [0, 0.05) is 11.1 Å². The van der Waals surface area contributed by atoms with Crippen LogP contribution in [0.2, 0.25) is 5.02 Å². The molecular weight excluding hydrogens is 261 g/mol. The lowest BCUT2D eigenvalue weighted by Crippen LogP contribution is -2.19. The van der Waals surface area contributed by atoms with Crippen molar-refractivity contribution in [3.63, 3.8) is 0 Å². The summed E-state index contributed by atoms with van der Waals surface area (Å²) in [5.41, 5.74) is 9.64. The number of benzene rings is 2. The van der Waals surface area contributed by atoms with Crippen LogP contribution in [0.3, 0.4) is 0 Å². The maximum absolute atomic E-state index is 13.3. The minimum Gasteiger partial charge on any atom is -0.324 e. The van der Waals surface area contributed by atoms with Crippen LogP contribution in [-0.4, -0.2) is 0 Å². The standard InChI is InChI=1S/C16H15ClFN/c17-15-6-5-13(18)9-11(15)8-12-7-10-3-1-2-4-14(10)16(12)19/h1-6,9,12,16H,7-8,19H2. The Bertz CT molecular complexity index is 611. The molecule has 0 aliphatic heterocycles. The van der Waals surface area contributed by atoms with E-state index in [4.69, 9.17) is 17.3 Å². The van der Waals surface area contributed by atoms with Gasteiger partial charge in [-0.05, 0) is 53.6 Å². The highest BCUT2D eigenvalue weighted by atomic mass is 35.5. The summed E-state index contributed by atoms with van der Waals surface area (Å²) in [6.07, 6.45) is 1.65. The molecule has 0 aromatic heterocycles. The molecule has 2 unspecified atom stereocenters. The summed E-state index contributed by atoms with van der Waals surface area (Å²) in [5, 5.41) is 0.615. The molecule has 0 saturated carbocycles. The monoisotopic (exact) mass is 275 g/mol. The lowest BCUT2D eigenvalue weighted by Gasteiger charge is -2.16. The van der Waals surface area contributed by atoms with Crippen LogP contribution in [0.15, 0.2) is 42.5 Å². The highest BCUT2D eigenvalue weighted by Crippen LogP contribution is 2.37. The van der Waals surface area contributed by atoms with Crippen LogP contribution in [0.4, 0.5) is 4.39 Å². The number of nitrogens with two attached hydrogens (primary N) is 1. The van der Waals surface area contributed by atoms with Gasteiger partial charge in [0.1, 0.15) is 5.82 Å². The molecule has 3 rings (SSSR count). The van der Waals surface area contributed by atoms with Crippen molar-refractivity contribution in [3.8, 4) is 0 Å². The molecule has 2 atom stereocenters. The summed E-state index contributed by atoms with van der Waals surface area (Å²) in [7, 11) is 0. The van der Waals surface area contributed by atoms with Crippen molar-refractivity contribution in [1.82, 2.24) is 0 Å². The molecule has 1 aliphatic rings. The van der Waals surface area contributed by atoms with Gasteiger partial charge in [0.15, 0.2) is 0 Å². The molecule has 0 saturated heterocycles. The molecule has 2 N–H and O–H groups in total. The molecule has 0 radical (unpaired) electrons. The summed E-state index contributed by atoms with van der Waals surface area (Å²) >= 11 is 6.13. The van der Waals surface area contributed by atoms with Gasteiger partial charge in [-0.3, -0.25) is 0 Å². The van der Waals surface area contributed by atoms with E-state index in [9.17, 15) is 4.39 Å². The molecule has 0 amide bonds. The van der Waals surface area contributed by atoms with E-state index >= 15 is 0 Å². The van der Waals surface area contributed by atoms with Crippen molar-refractivity contribution >= 4 is 11.6 Å². The van der Waals surface area contributed by atoms with Crippen molar-refractivity contribution in [1.29, 1.82) is 0 Å². The molecule has 2 aromatic carbocycles. The van der Waals surface area contributed by atoms with Gasteiger partial charge in [-0.25, -0.2) is 4.39 Å². The number of fused-ring (bicyclic) bond motifs is 1. The van der Waals surface area contributed by atoms with Crippen LogP contribution in [0.5, 0.6) is 0 Å². The van der Waals surface area contributed by atoms with E-state index in [2.05, 4.69) is 12.1 Å². The van der Waals surface area contributed by atoms with E-state index in [0.29, 0.717) is 11.4 Å². The normalized spacial score (nSPS) is 21.4. The lowest BCUT2D eigenvalue weighted by molar-refractivity contribution is 0.464. The third-order valence-electron chi connectivity index (χ3n) is 3.89. The van der Waals surface area contributed by atoms with Gasteiger partial charge in [-0.15, -0.1) is 0 Å². The molecule has 0 bridgehead atoms. The lowest BCUT2D eigenvalue weighted by atomic mass is 9.93. The van der Waals surface area contributed by atoms with Gasteiger partial charge in [0.05, 0.1) is 0 Å². The first-order valence-electron chi connectivity index (χ1n) is 6.42. The van der Waals surface area contributed by atoms with Gasteiger partial charge >= 0.3 is 0 Å². The summed E-state index contributed by atoms with van der Waals surface area (Å²) < 4.78 is 13.3. The van der Waals surface area contributed by atoms with Gasteiger partial charge in [-0.1, -0.05) is 35.9 Å². The van der Waals surface area contributed by atoms with Crippen LogP contribution in [-0.2, 0) is 12.8 Å². The van der Waals surface area contributed by atoms with Gasteiger partial charge < -0.3 is 5.73 Å². The topological polar surface area (TPSA) is 26.0 Å². The Morgan fingerprint density at radius 1 is 1.21 bits per heavy atom. The molecule has 1 aliphatic carbocycles. The van der Waals surface area contributed by atoms with Crippen LogP contribution in [0.1, 0.15) is 22.7 Å². The van der Waals surface area contributed by atoms with Gasteiger partial charge in [0.2, 0.25) is 0 Å². The molecule has 1 nitrogen and oxygen atoms in total. The molecular formula is C16H15ClFN. The first-order chi connectivity index (χ1) is 9.15. The average molecular weight is 276 g/mol. The van der Waals surface area contributed by atoms with Crippen LogP contribution < -0.4 is 5.73 Å². The Kier molecular flexibility index (Phi) is 3.29. The van der Waals surface area contributed by atoms with Gasteiger partial charge in [0.25, 0.3) is 0 Å². The zero-order valence-corrected chi connectivity index (χ0v) is 11.2. The highest BCUT2D eigenvalue weighted by molar-refractivity contribution is 6.31. The number of halogens is 2.